The van der Waals surface area contributed by atoms with Gasteiger partial charge in [0.05, 0.1) is 13.2 Å². The number of hydrogen-bond donors (Lipinski definition) is 1. The Balaban J connectivity index is 1.93. The first-order valence-corrected chi connectivity index (χ1v) is 7.31. The summed E-state index contributed by atoms with van der Waals surface area (Å²) >= 11 is 6.13. The second kappa shape index (κ2) is 5.37. The van der Waals surface area contributed by atoms with Gasteiger partial charge in [-0.25, -0.2) is 0 Å². The molecule has 0 aliphatic carbocycles. The highest BCUT2D eigenvalue weighted by atomic mass is 35.5. The minimum absolute atomic E-state index is 0.228. The maximum absolute atomic E-state index is 6.13. The van der Waals surface area contributed by atoms with Crippen LogP contribution in [0.2, 0.25) is 5.02 Å². The standard InChI is InChI=1S/C17H18ClNO/c1-3-11-4-6-15-12(8-11)9-16(19-15)14-10-13(18)5-7-17(14)20-2/h4-8,10,16,19H,3,9H2,1-2H3. The van der Waals surface area contributed by atoms with Crippen molar-refractivity contribution in [3.05, 3.63) is 58.1 Å². The molecule has 1 heterocycles. The fraction of sp³-hybridized carbons (Fsp3) is 0.294. The summed E-state index contributed by atoms with van der Waals surface area (Å²) in [4.78, 5) is 0. The average molecular weight is 288 g/mol. The fourth-order valence-electron chi connectivity index (χ4n) is 2.80. The number of nitrogens with one attached hydrogen (secondary N) is 1. The van der Waals surface area contributed by atoms with Gasteiger partial charge in [-0.3, -0.25) is 0 Å². The molecule has 104 valence electrons. The van der Waals surface area contributed by atoms with E-state index >= 15 is 0 Å². The van der Waals surface area contributed by atoms with Crippen LogP contribution < -0.4 is 10.1 Å². The Morgan fingerprint density at radius 1 is 1.25 bits per heavy atom. The van der Waals surface area contributed by atoms with Gasteiger partial charge in [0.1, 0.15) is 5.75 Å². The van der Waals surface area contributed by atoms with Crippen molar-refractivity contribution in [2.75, 3.05) is 12.4 Å². The monoisotopic (exact) mass is 287 g/mol. The highest BCUT2D eigenvalue weighted by molar-refractivity contribution is 6.30. The molecule has 0 aromatic heterocycles. The minimum atomic E-state index is 0.228. The lowest BCUT2D eigenvalue weighted by molar-refractivity contribution is 0.407. The van der Waals surface area contributed by atoms with Crippen LogP contribution in [0, 0.1) is 0 Å². The zero-order chi connectivity index (χ0) is 14.1. The number of aryl methyl sites for hydroxylation is 1. The zero-order valence-corrected chi connectivity index (χ0v) is 12.5. The van der Waals surface area contributed by atoms with Crippen molar-refractivity contribution in [2.24, 2.45) is 0 Å². The lowest BCUT2D eigenvalue weighted by atomic mass is 10.0. The molecular weight excluding hydrogens is 270 g/mol. The number of halogens is 1. The van der Waals surface area contributed by atoms with Gasteiger partial charge in [-0.15, -0.1) is 0 Å². The van der Waals surface area contributed by atoms with E-state index in [2.05, 4.69) is 30.4 Å². The van der Waals surface area contributed by atoms with Crippen LogP contribution in [0.1, 0.15) is 29.7 Å². The molecule has 20 heavy (non-hydrogen) atoms. The topological polar surface area (TPSA) is 21.3 Å². The van der Waals surface area contributed by atoms with E-state index in [1.165, 1.54) is 16.8 Å². The number of anilines is 1. The molecule has 1 aliphatic heterocycles. The van der Waals surface area contributed by atoms with Crippen LogP contribution in [-0.4, -0.2) is 7.11 Å². The van der Waals surface area contributed by atoms with E-state index in [4.69, 9.17) is 16.3 Å². The van der Waals surface area contributed by atoms with E-state index in [9.17, 15) is 0 Å². The van der Waals surface area contributed by atoms with Crippen LogP contribution in [0.4, 0.5) is 5.69 Å². The summed E-state index contributed by atoms with van der Waals surface area (Å²) in [6.45, 7) is 2.18. The second-order valence-corrected chi connectivity index (χ2v) is 5.57. The van der Waals surface area contributed by atoms with Crippen LogP contribution in [0.15, 0.2) is 36.4 Å². The maximum Gasteiger partial charge on any atom is 0.124 e. The highest BCUT2D eigenvalue weighted by Gasteiger charge is 2.24. The summed E-state index contributed by atoms with van der Waals surface area (Å²) in [6.07, 6.45) is 2.04. The van der Waals surface area contributed by atoms with Crippen LogP contribution >= 0.6 is 11.6 Å². The predicted molar refractivity (Wildman–Crippen MR) is 83.9 cm³/mol. The maximum atomic E-state index is 6.13. The summed E-state index contributed by atoms with van der Waals surface area (Å²) in [6, 6.07) is 12.7. The first-order chi connectivity index (χ1) is 9.71. The Morgan fingerprint density at radius 2 is 2.10 bits per heavy atom. The van der Waals surface area contributed by atoms with Gasteiger partial charge in [-0.05, 0) is 48.2 Å². The molecule has 3 rings (SSSR count). The van der Waals surface area contributed by atoms with Gasteiger partial charge in [0, 0.05) is 16.3 Å². The van der Waals surface area contributed by atoms with Gasteiger partial charge in [0.15, 0.2) is 0 Å². The third-order valence-corrected chi connectivity index (χ3v) is 4.13. The third kappa shape index (κ3) is 2.36. The summed E-state index contributed by atoms with van der Waals surface area (Å²) in [7, 11) is 1.70. The molecular formula is C17H18ClNO. The lowest BCUT2D eigenvalue weighted by Gasteiger charge is -2.16. The van der Waals surface area contributed by atoms with Crippen molar-refractivity contribution in [2.45, 2.75) is 25.8 Å². The zero-order valence-electron chi connectivity index (χ0n) is 11.7. The molecule has 0 saturated heterocycles. The van der Waals surface area contributed by atoms with Crippen LogP contribution in [0.25, 0.3) is 0 Å². The summed E-state index contributed by atoms with van der Waals surface area (Å²) in [5, 5.41) is 4.31. The van der Waals surface area contributed by atoms with E-state index in [0.29, 0.717) is 0 Å². The molecule has 2 aromatic rings. The van der Waals surface area contributed by atoms with E-state index in [0.717, 1.165) is 29.2 Å². The normalized spacial score (nSPS) is 16.6. The van der Waals surface area contributed by atoms with E-state index < -0.39 is 0 Å². The van der Waals surface area contributed by atoms with Gasteiger partial charge in [-0.2, -0.15) is 0 Å². The Morgan fingerprint density at radius 3 is 2.85 bits per heavy atom. The van der Waals surface area contributed by atoms with Crippen molar-refractivity contribution < 1.29 is 4.74 Å². The molecule has 0 fully saturated rings. The van der Waals surface area contributed by atoms with Crippen LogP contribution in [-0.2, 0) is 12.8 Å². The Labute approximate surface area is 124 Å². The molecule has 0 bridgehead atoms. The Hall–Kier alpha value is -1.67. The van der Waals surface area contributed by atoms with Gasteiger partial charge >= 0.3 is 0 Å². The SMILES string of the molecule is CCc1ccc2c(c1)CC(c1cc(Cl)ccc1OC)N2. The summed E-state index contributed by atoms with van der Waals surface area (Å²) in [5.74, 6) is 0.885. The first-order valence-electron chi connectivity index (χ1n) is 6.93. The molecule has 0 amide bonds. The molecule has 1 aliphatic rings. The molecule has 0 radical (unpaired) electrons. The molecule has 2 aromatic carbocycles. The molecule has 0 spiro atoms. The number of hydrogen-bond acceptors (Lipinski definition) is 2. The Kier molecular flexibility index (Phi) is 3.58. The van der Waals surface area contributed by atoms with Gasteiger partial charge in [0.25, 0.3) is 0 Å². The molecule has 0 saturated carbocycles. The van der Waals surface area contributed by atoms with Gasteiger partial charge in [0.2, 0.25) is 0 Å². The second-order valence-electron chi connectivity index (χ2n) is 5.13. The largest absolute Gasteiger partial charge is 0.496 e. The van der Waals surface area contributed by atoms with Crippen molar-refractivity contribution in [3.8, 4) is 5.75 Å². The molecule has 1 unspecified atom stereocenters. The molecule has 1 N–H and O–H groups in total. The number of fused-ring (bicyclic) bond motifs is 1. The van der Waals surface area contributed by atoms with Crippen LogP contribution in [0.3, 0.4) is 0 Å². The third-order valence-electron chi connectivity index (χ3n) is 3.90. The number of rotatable bonds is 3. The molecule has 1 atom stereocenters. The highest BCUT2D eigenvalue weighted by Crippen LogP contribution is 2.39. The number of ether oxygens (including phenoxy) is 1. The van der Waals surface area contributed by atoms with Crippen molar-refractivity contribution in [3.63, 3.8) is 0 Å². The quantitative estimate of drug-likeness (QED) is 0.889. The number of methoxy groups -OCH3 is 1. The summed E-state index contributed by atoms with van der Waals surface area (Å²) < 4.78 is 5.46. The van der Waals surface area contributed by atoms with Crippen LogP contribution in [0.5, 0.6) is 5.75 Å². The lowest BCUT2D eigenvalue weighted by Crippen LogP contribution is -2.07. The van der Waals surface area contributed by atoms with E-state index in [1.807, 2.05) is 18.2 Å². The average Bonchev–Trinajstić information content (AvgIpc) is 2.89. The van der Waals surface area contributed by atoms with Gasteiger partial charge < -0.3 is 10.1 Å². The number of benzene rings is 2. The predicted octanol–water partition coefficient (Wildman–Crippen LogP) is 4.62. The van der Waals surface area contributed by atoms with E-state index in [-0.39, 0.29) is 6.04 Å². The van der Waals surface area contributed by atoms with Crippen molar-refractivity contribution >= 4 is 17.3 Å². The molecule has 3 heteroatoms. The summed E-state index contributed by atoms with van der Waals surface area (Å²) in [5.41, 5.74) is 5.09. The molecule has 2 nitrogen and oxygen atoms in total. The Bertz CT molecular complexity index is 639. The first kappa shape index (κ1) is 13.3. The minimum Gasteiger partial charge on any atom is -0.496 e. The smallest absolute Gasteiger partial charge is 0.124 e. The van der Waals surface area contributed by atoms with Crippen molar-refractivity contribution in [1.82, 2.24) is 0 Å². The fourth-order valence-corrected chi connectivity index (χ4v) is 2.98. The van der Waals surface area contributed by atoms with Gasteiger partial charge in [-0.1, -0.05) is 30.7 Å². The van der Waals surface area contributed by atoms with E-state index in [1.54, 1.807) is 7.11 Å². The van der Waals surface area contributed by atoms with Crippen molar-refractivity contribution in [1.29, 1.82) is 0 Å².